The zero-order valence-electron chi connectivity index (χ0n) is 14.5. The van der Waals surface area contributed by atoms with Gasteiger partial charge in [-0.2, -0.15) is 0 Å². The SMILES string of the molecule is C=C(C)C(=O)O.C=C(C)C(=O)O.O=C1OCCOC(=O)c2ccccc21. The molecular weight excluding hydrogens is 344 g/mol. The molecule has 0 unspecified atom stereocenters. The van der Waals surface area contributed by atoms with Crippen LogP contribution in [0.15, 0.2) is 48.6 Å². The molecule has 2 rings (SSSR count). The maximum absolute atomic E-state index is 11.4. The third-order valence-electron chi connectivity index (χ3n) is 2.65. The van der Waals surface area contributed by atoms with Gasteiger partial charge in [-0.25, -0.2) is 19.2 Å². The molecule has 8 heteroatoms. The zero-order chi connectivity index (χ0) is 20.3. The lowest BCUT2D eigenvalue weighted by Crippen LogP contribution is -2.21. The minimum Gasteiger partial charge on any atom is -0.478 e. The first-order valence-corrected chi connectivity index (χ1v) is 7.28. The second-order valence-electron chi connectivity index (χ2n) is 4.99. The van der Waals surface area contributed by atoms with Crippen LogP contribution in [-0.2, 0) is 19.1 Å². The Bertz CT molecular complexity index is 633. The van der Waals surface area contributed by atoms with Gasteiger partial charge in [-0.15, -0.1) is 0 Å². The number of benzene rings is 1. The fourth-order valence-corrected chi connectivity index (χ4v) is 1.26. The largest absolute Gasteiger partial charge is 0.478 e. The van der Waals surface area contributed by atoms with E-state index in [0.29, 0.717) is 0 Å². The van der Waals surface area contributed by atoms with Crippen LogP contribution in [0.25, 0.3) is 0 Å². The maximum atomic E-state index is 11.4. The molecule has 0 spiro atoms. The smallest absolute Gasteiger partial charge is 0.339 e. The van der Waals surface area contributed by atoms with Crippen molar-refractivity contribution in [1.29, 1.82) is 0 Å². The summed E-state index contributed by atoms with van der Waals surface area (Å²) in [6, 6.07) is 6.44. The van der Waals surface area contributed by atoms with Gasteiger partial charge < -0.3 is 19.7 Å². The summed E-state index contributed by atoms with van der Waals surface area (Å²) in [5.41, 5.74) is 0.874. The van der Waals surface area contributed by atoms with Crippen molar-refractivity contribution >= 4 is 23.9 Å². The van der Waals surface area contributed by atoms with Crippen LogP contribution in [0.2, 0.25) is 0 Å². The molecule has 0 saturated carbocycles. The van der Waals surface area contributed by atoms with E-state index < -0.39 is 23.9 Å². The van der Waals surface area contributed by atoms with Gasteiger partial charge in [0.1, 0.15) is 13.2 Å². The summed E-state index contributed by atoms with van der Waals surface area (Å²) in [6.07, 6.45) is 0. The molecule has 1 heterocycles. The summed E-state index contributed by atoms with van der Waals surface area (Å²) in [5.74, 6) is -2.82. The molecule has 140 valence electrons. The van der Waals surface area contributed by atoms with Crippen LogP contribution in [0.1, 0.15) is 34.6 Å². The third-order valence-corrected chi connectivity index (χ3v) is 2.65. The number of rotatable bonds is 2. The van der Waals surface area contributed by atoms with E-state index in [4.69, 9.17) is 19.7 Å². The number of fused-ring (bicyclic) bond motifs is 1. The van der Waals surface area contributed by atoms with Gasteiger partial charge in [-0.05, 0) is 26.0 Å². The Morgan fingerprint density at radius 1 is 0.846 bits per heavy atom. The van der Waals surface area contributed by atoms with Crippen LogP contribution in [0.4, 0.5) is 0 Å². The minimum atomic E-state index is -0.935. The highest BCUT2D eigenvalue weighted by atomic mass is 16.6. The Labute approximate surface area is 150 Å². The fraction of sp³-hybridized carbons (Fsp3) is 0.222. The molecule has 26 heavy (non-hydrogen) atoms. The van der Waals surface area contributed by atoms with Crippen molar-refractivity contribution in [2.45, 2.75) is 13.8 Å². The van der Waals surface area contributed by atoms with Gasteiger partial charge in [-0.3, -0.25) is 0 Å². The lowest BCUT2D eigenvalue weighted by molar-refractivity contribution is -0.133. The monoisotopic (exact) mass is 364 g/mol. The van der Waals surface area contributed by atoms with E-state index in [-0.39, 0.29) is 35.5 Å². The molecule has 2 N–H and O–H groups in total. The van der Waals surface area contributed by atoms with E-state index in [1.165, 1.54) is 13.8 Å². The number of hydrogen-bond acceptors (Lipinski definition) is 6. The Balaban J connectivity index is 0.000000437. The van der Waals surface area contributed by atoms with E-state index in [9.17, 15) is 19.2 Å². The Morgan fingerprint density at radius 3 is 1.35 bits per heavy atom. The van der Waals surface area contributed by atoms with Gasteiger partial charge in [0.15, 0.2) is 0 Å². The van der Waals surface area contributed by atoms with Gasteiger partial charge in [-0.1, -0.05) is 25.3 Å². The number of esters is 2. The number of carbonyl (C=O) groups excluding carboxylic acids is 2. The second kappa shape index (κ2) is 11.2. The van der Waals surface area contributed by atoms with E-state index >= 15 is 0 Å². The summed E-state index contributed by atoms with van der Waals surface area (Å²) in [4.78, 5) is 41.9. The number of hydrogen-bond donors (Lipinski definition) is 2. The minimum absolute atomic E-state index is 0.110. The molecule has 0 bridgehead atoms. The van der Waals surface area contributed by atoms with Crippen LogP contribution in [0.3, 0.4) is 0 Å². The van der Waals surface area contributed by atoms with Crippen LogP contribution in [0.5, 0.6) is 0 Å². The standard InChI is InChI=1S/C10H8O4.2C4H6O2/c11-9-7-3-1-2-4-8(7)10(12)14-6-5-13-9;2*1-3(2)4(5)6/h1-4H,5-6H2;2*1H2,2H3,(H,5,6). The van der Waals surface area contributed by atoms with E-state index in [0.717, 1.165) is 0 Å². The van der Waals surface area contributed by atoms with Crippen molar-refractivity contribution in [2.75, 3.05) is 13.2 Å². The van der Waals surface area contributed by atoms with Crippen molar-refractivity contribution in [3.8, 4) is 0 Å². The zero-order valence-corrected chi connectivity index (χ0v) is 14.5. The Hall–Kier alpha value is -3.42. The number of aliphatic carboxylic acids is 2. The van der Waals surface area contributed by atoms with Crippen molar-refractivity contribution in [2.24, 2.45) is 0 Å². The highest BCUT2D eigenvalue weighted by Crippen LogP contribution is 2.13. The number of cyclic esters (lactones) is 2. The van der Waals surface area contributed by atoms with E-state index in [1.54, 1.807) is 24.3 Å². The molecular formula is C18H20O8. The predicted molar refractivity (Wildman–Crippen MR) is 91.9 cm³/mol. The number of carbonyl (C=O) groups is 4. The summed E-state index contributed by atoms with van der Waals surface area (Å²) < 4.78 is 9.68. The normalized spacial score (nSPS) is 12.1. The quantitative estimate of drug-likeness (QED) is 0.604. The molecule has 1 aliphatic heterocycles. The number of carboxylic acids is 2. The van der Waals surface area contributed by atoms with Crippen molar-refractivity contribution in [3.63, 3.8) is 0 Å². The molecule has 1 aliphatic rings. The lowest BCUT2D eigenvalue weighted by atomic mass is 10.1. The highest BCUT2D eigenvalue weighted by molar-refractivity contribution is 6.03. The molecule has 0 radical (unpaired) electrons. The van der Waals surface area contributed by atoms with Crippen LogP contribution in [0, 0.1) is 0 Å². The first-order chi connectivity index (χ1) is 12.1. The topological polar surface area (TPSA) is 127 Å². The summed E-state index contributed by atoms with van der Waals surface area (Å²) >= 11 is 0. The van der Waals surface area contributed by atoms with Crippen molar-refractivity contribution < 1.29 is 38.9 Å². The van der Waals surface area contributed by atoms with E-state index in [2.05, 4.69) is 13.2 Å². The summed E-state index contributed by atoms with van der Waals surface area (Å²) in [7, 11) is 0. The molecule has 1 aromatic rings. The van der Waals surface area contributed by atoms with Crippen LogP contribution >= 0.6 is 0 Å². The Morgan fingerprint density at radius 2 is 1.12 bits per heavy atom. The fourth-order valence-electron chi connectivity index (χ4n) is 1.26. The molecule has 0 fully saturated rings. The molecule has 0 atom stereocenters. The van der Waals surface area contributed by atoms with Crippen molar-refractivity contribution in [3.05, 3.63) is 59.7 Å². The molecule has 0 aromatic heterocycles. The molecule has 8 nitrogen and oxygen atoms in total. The highest BCUT2D eigenvalue weighted by Gasteiger charge is 2.21. The van der Waals surface area contributed by atoms with Gasteiger partial charge in [0.2, 0.25) is 0 Å². The molecule has 1 aromatic carbocycles. The lowest BCUT2D eigenvalue weighted by Gasteiger charge is -2.13. The predicted octanol–water partition coefficient (Wildman–Crippen LogP) is 2.31. The van der Waals surface area contributed by atoms with Gasteiger partial charge in [0.25, 0.3) is 0 Å². The average molecular weight is 364 g/mol. The molecule has 0 amide bonds. The number of ether oxygens (including phenoxy) is 2. The third kappa shape index (κ3) is 8.44. The van der Waals surface area contributed by atoms with Crippen LogP contribution in [-0.4, -0.2) is 47.3 Å². The molecule has 0 aliphatic carbocycles. The first-order valence-electron chi connectivity index (χ1n) is 7.28. The number of carboxylic acid groups (broad SMARTS) is 2. The van der Waals surface area contributed by atoms with Crippen LogP contribution < -0.4 is 0 Å². The summed E-state index contributed by atoms with van der Waals surface area (Å²) in [5, 5.41) is 15.8. The average Bonchev–Trinajstić information content (AvgIpc) is 2.58. The van der Waals surface area contributed by atoms with Gasteiger partial charge in [0, 0.05) is 11.1 Å². The molecule has 0 saturated heterocycles. The maximum Gasteiger partial charge on any atom is 0.339 e. The van der Waals surface area contributed by atoms with Gasteiger partial charge in [0.05, 0.1) is 11.1 Å². The summed E-state index contributed by atoms with van der Waals surface area (Å²) in [6.45, 7) is 9.42. The Kier molecular flexibility index (Phi) is 9.72. The van der Waals surface area contributed by atoms with Crippen molar-refractivity contribution in [1.82, 2.24) is 0 Å². The second-order valence-corrected chi connectivity index (χ2v) is 4.99. The van der Waals surface area contributed by atoms with E-state index in [1.807, 2.05) is 0 Å². The first kappa shape index (κ1) is 22.6. The van der Waals surface area contributed by atoms with Gasteiger partial charge >= 0.3 is 23.9 Å².